The van der Waals surface area contributed by atoms with E-state index in [0.717, 1.165) is 108 Å². The van der Waals surface area contributed by atoms with Crippen molar-refractivity contribution in [1.29, 1.82) is 5.41 Å². The van der Waals surface area contributed by atoms with E-state index in [4.69, 9.17) is 15.1 Å². The SMILES string of the molecule is CNc1cc(N2CCN(CCCCC3CCC(Oc4cccc(-c5ccc(N6CCc7cccc(C(=O)Nc8nc9ccccc9s8)c7C6)nc5C(=O)O)c4C)CC3)CC2(C)C)ccc1C(=N)C1CCC(=O)NC1=O. The number of fused-ring (bicyclic) bond motifs is 2. The first-order valence-corrected chi connectivity index (χ1v) is 27.3. The molecule has 4 aromatic carbocycles. The van der Waals surface area contributed by atoms with E-state index in [1.807, 2.05) is 97.7 Å². The molecule has 2 saturated heterocycles. The summed E-state index contributed by atoms with van der Waals surface area (Å²) in [7, 11) is 1.84. The number of amides is 3. The highest BCUT2D eigenvalue weighted by Gasteiger charge is 2.36. The van der Waals surface area contributed by atoms with Gasteiger partial charge in [-0.1, -0.05) is 60.6 Å². The van der Waals surface area contributed by atoms with Gasteiger partial charge in [0.15, 0.2) is 10.8 Å². The van der Waals surface area contributed by atoms with Gasteiger partial charge >= 0.3 is 5.97 Å². The van der Waals surface area contributed by atoms with Crippen LogP contribution in [-0.2, 0) is 22.6 Å². The first-order chi connectivity index (χ1) is 36.2. The highest BCUT2D eigenvalue weighted by Crippen LogP contribution is 2.38. The van der Waals surface area contributed by atoms with E-state index in [1.54, 1.807) is 0 Å². The number of nitrogens with one attached hydrogen (secondary N) is 4. The molecular formula is C59H67N9O6S. The molecular weight excluding hydrogens is 963 g/mol. The number of anilines is 4. The Bertz CT molecular complexity index is 3130. The van der Waals surface area contributed by atoms with Crippen LogP contribution in [0.1, 0.15) is 115 Å². The van der Waals surface area contributed by atoms with Crippen LogP contribution in [0.5, 0.6) is 5.75 Å². The Hall–Kier alpha value is -7.17. The molecule has 5 N–H and O–H groups in total. The molecule has 5 heterocycles. The molecule has 0 radical (unpaired) electrons. The number of para-hydroxylation sites is 1. The average Bonchev–Trinajstić information content (AvgIpc) is 3.82. The number of benzene rings is 4. The molecule has 6 aromatic rings. The summed E-state index contributed by atoms with van der Waals surface area (Å²) in [4.78, 5) is 67.3. The third-order valence-electron chi connectivity index (χ3n) is 15.9. The van der Waals surface area contributed by atoms with Crippen molar-refractivity contribution < 1.29 is 29.0 Å². The highest BCUT2D eigenvalue weighted by atomic mass is 32.1. The van der Waals surface area contributed by atoms with Crippen LogP contribution in [0.4, 0.5) is 22.3 Å². The van der Waals surface area contributed by atoms with Crippen LogP contribution in [0.3, 0.4) is 0 Å². The molecule has 16 heteroatoms. The van der Waals surface area contributed by atoms with Gasteiger partial charge in [-0.15, -0.1) is 0 Å². The lowest BCUT2D eigenvalue weighted by Gasteiger charge is -2.49. The summed E-state index contributed by atoms with van der Waals surface area (Å²) in [6.07, 6.45) is 9.17. The predicted octanol–water partition coefficient (Wildman–Crippen LogP) is 10.4. The fourth-order valence-corrected chi connectivity index (χ4v) is 12.7. The molecule has 10 rings (SSSR count). The molecule has 75 heavy (non-hydrogen) atoms. The molecule has 3 amide bonds. The van der Waals surface area contributed by atoms with E-state index in [1.165, 1.54) is 24.2 Å². The van der Waals surface area contributed by atoms with Gasteiger partial charge in [0.25, 0.3) is 5.91 Å². The minimum absolute atomic E-state index is 0.0224. The Balaban J connectivity index is 0.699. The van der Waals surface area contributed by atoms with E-state index < -0.39 is 17.8 Å². The number of ether oxygens (including phenoxy) is 1. The van der Waals surface area contributed by atoms with Gasteiger partial charge in [0.05, 0.1) is 28.0 Å². The topological polar surface area (TPSA) is 193 Å². The summed E-state index contributed by atoms with van der Waals surface area (Å²) in [6.45, 7) is 11.5. The summed E-state index contributed by atoms with van der Waals surface area (Å²) < 4.78 is 7.70. The van der Waals surface area contributed by atoms with E-state index >= 15 is 0 Å². The van der Waals surface area contributed by atoms with Gasteiger partial charge in [-0.05, 0) is 155 Å². The first-order valence-electron chi connectivity index (χ1n) is 26.5. The fraction of sp³-hybridized carbons (Fsp3) is 0.407. The highest BCUT2D eigenvalue weighted by molar-refractivity contribution is 7.22. The molecule has 3 fully saturated rings. The fourth-order valence-electron chi connectivity index (χ4n) is 11.8. The summed E-state index contributed by atoms with van der Waals surface area (Å²) in [5.41, 5.74) is 8.28. The zero-order chi connectivity index (χ0) is 52.4. The Morgan fingerprint density at radius 2 is 1.69 bits per heavy atom. The lowest BCUT2D eigenvalue weighted by Crippen LogP contribution is -2.59. The van der Waals surface area contributed by atoms with Crippen LogP contribution in [0, 0.1) is 24.2 Å². The number of hydrogen-bond acceptors (Lipinski definition) is 13. The van der Waals surface area contributed by atoms with Crippen molar-refractivity contribution in [2.45, 2.75) is 103 Å². The monoisotopic (exact) mass is 1030 g/mol. The Morgan fingerprint density at radius 3 is 2.47 bits per heavy atom. The standard InChI is InChI=1S/C59H67N9O6S/c1-36-41(42-24-26-51(63-54(42)57(72)73)67-30-28-38-12-9-14-43(46(38)34-67)55(70)65-58-62-47-15-5-6-17-50(47)75-58)13-10-16-49(36)74-40-21-18-37(19-22-40)11-7-8-29-66-31-32-68(59(2,3)35-66)39-20-23-44(48(33-39)61-4)53(60)45-25-27-52(69)64-56(45)71/h5-6,9-10,12-17,20,23-24,26,33,37,40,45,60-61H,7-8,11,18-19,21-22,25,27-32,34-35H2,1-4H3,(H,72,73)(H,62,65,70)(H,64,69,71). The van der Waals surface area contributed by atoms with E-state index in [0.29, 0.717) is 59.5 Å². The minimum Gasteiger partial charge on any atom is -0.490 e. The number of carbonyl (C=O) groups is 4. The molecule has 390 valence electrons. The first kappa shape index (κ1) is 51.3. The van der Waals surface area contributed by atoms with E-state index in [2.05, 4.69) is 56.7 Å². The number of carbonyl (C=O) groups excluding carboxylic acids is 3. The van der Waals surface area contributed by atoms with Crippen LogP contribution in [0.25, 0.3) is 21.3 Å². The number of rotatable bonds is 16. The molecule has 1 unspecified atom stereocenters. The predicted molar refractivity (Wildman–Crippen MR) is 297 cm³/mol. The van der Waals surface area contributed by atoms with Gasteiger partial charge in [0.1, 0.15) is 11.6 Å². The molecule has 1 atom stereocenters. The molecule has 2 aromatic heterocycles. The van der Waals surface area contributed by atoms with E-state index in [9.17, 15) is 24.3 Å². The summed E-state index contributed by atoms with van der Waals surface area (Å²) in [5.74, 6) is -0.647. The quantitative estimate of drug-likeness (QED) is 0.0351. The molecule has 15 nitrogen and oxygen atoms in total. The lowest BCUT2D eigenvalue weighted by atomic mass is 9.84. The third-order valence-corrected chi connectivity index (χ3v) is 16.8. The van der Waals surface area contributed by atoms with Crippen LogP contribution < -0.4 is 30.5 Å². The normalized spacial score (nSPS) is 19.8. The Kier molecular flexibility index (Phi) is 15.0. The minimum atomic E-state index is -1.10. The molecule has 3 aliphatic heterocycles. The number of imide groups is 1. The molecule has 0 spiro atoms. The van der Waals surface area contributed by atoms with Gasteiger partial charge in [-0.25, -0.2) is 14.8 Å². The van der Waals surface area contributed by atoms with Gasteiger partial charge in [0, 0.05) is 79.8 Å². The number of carboxylic acids is 1. The second kappa shape index (κ2) is 22.0. The smallest absolute Gasteiger partial charge is 0.355 e. The van der Waals surface area contributed by atoms with Gasteiger partial charge in [-0.3, -0.25) is 29.9 Å². The van der Waals surface area contributed by atoms with Crippen molar-refractivity contribution in [2.75, 3.05) is 60.2 Å². The van der Waals surface area contributed by atoms with E-state index in [-0.39, 0.29) is 41.3 Å². The maximum atomic E-state index is 13.7. The lowest BCUT2D eigenvalue weighted by molar-refractivity contribution is -0.134. The summed E-state index contributed by atoms with van der Waals surface area (Å²) in [5, 5.41) is 28.6. The number of pyridine rings is 1. The van der Waals surface area contributed by atoms with Gasteiger partial charge in [0.2, 0.25) is 11.8 Å². The number of piperidine rings is 1. The van der Waals surface area contributed by atoms with Crippen molar-refractivity contribution >= 4 is 73.3 Å². The van der Waals surface area contributed by atoms with Crippen LogP contribution in [0.15, 0.2) is 91.0 Å². The van der Waals surface area contributed by atoms with Gasteiger partial charge < -0.3 is 30.4 Å². The van der Waals surface area contributed by atoms with Crippen molar-refractivity contribution in [2.24, 2.45) is 11.8 Å². The number of thiazole rings is 1. The Labute approximate surface area is 442 Å². The third kappa shape index (κ3) is 11.1. The zero-order valence-electron chi connectivity index (χ0n) is 43.3. The van der Waals surface area contributed by atoms with Crippen molar-refractivity contribution in [3.8, 4) is 16.9 Å². The Morgan fingerprint density at radius 1 is 0.880 bits per heavy atom. The number of piperazine rings is 1. The number of aromatic carboxylic acids is 1. The second-order valence-corrected chi connectivity index (χ2v) is 22.3. The molecule has 0 bridgehead atoms. The van der Waals surface area contributed by atoms with Crippen LogP contribution in [-0.4, -0.2) is 101 Å². The summed E-state index contributed by atoms with van der Waals surface area (Å²) >= 11 is 1.44. The number of unbranched alkanes of at least 4 members (excludes halogenated alkanes) is 1. The largest absolute Gasteiger partial charge is 0.490 e. The van der Waals surface area contributed by atoms with Crippen molar-refractivity contribution in [3.63, 3.8) is 0 Å². The average molecular weight is 1030 g/mol. The van der Waals surface area contributed by atoms with Crippen LogP contribution in [0.2, 0.25) is 0 Å². The maximum Gasteiger partial charge on any atom is 0.355 e. The van der Waals surface area contributed by atoms with Gasteiger partial charge in [-0.2, -0.15) is 0 Å². The van der Waals surface area contributed by atoms with Crippen molar-refractivity contribution in [1.82, 2.24) is 20.2 Å². The number of nitrogens with zero attached hydrogens (tertiary/aromatic N) is 5. The molecule has 1 aliphatic carbocycles. The van der Waals surface area contributed by atoms with Crippen molar-refractivity contribution in [3.05, 3.63) is 125 Å². The molecule has 1 saturated carbocycles. The second-order valence-electron chi connectivity index (χ2n) is 21.2. The number of aromatic nitrogens is 2. The summed E-state index contributed by atoms with van der Waals surface area (Å²) in [6, 6.07) is 29.3. The van der Waals surface area contributed by atoms with Crippen LogP contribution >= 0.6 is 11.3 Å². The number of hydrogen-bond donors (Lipinski definition) is 5. The maximum absolute atomic E-state index is 13.7. The number of carboxylic acid groups (broad SMARTS) is 1. The molecule has 4 aliphatic rings. The zero-order valence-corrected chi connectivity index (χ0v) is 44.2.